The van der Waals surface area contributed by atoms with Crippen molar-refractivity contribution < 1.29 is 46.4 Å². The molecular weight excluding hydrogens is 704 g/mol. The van der Waals surface area contributed by atoms with Crippen LogP contribution in [0.5, 0.6) is 0 Å². The number of nitrogens with two attached hydrogens (primary N) is 1. The molecule has 2 aliphatic rings. The number of aromatic nitrogens is 8. The number of halogens is 1. The molecule has 9 atom stereocenters. The number of nitrogens with one attached hydrogen (secondary N) is 2. The van der Waals surface area contributed by atoms with Crippen molar-refractivity contribution >= 4 is 24.9 Å². The van der Waals surface area contributed by atoms with Crippen molar-refractivity contribution in [2.24, 2.45) is 5.92 Å². The summed E-state index contributed by atoms with van der Waals surface area (Å²) in [4.78, 5) is 66.6. The average molecular weight is 741 g/mol. The van der Waals surface area contributed by atoms with Crippen LogP contribution in [0.1, 0.15) is 58.0 Å². The molecule has 23 heteroatoms. The third-order valence-electron chi connectivity index (χ3n) is 8.11. The summed E-state index contributed by atoms with van der Waals surface area (Å²) in [5.41, 5.74) is 3.51. The van der Waals surface area contributed by atoms with E-state index < -0.39 is 79.7 Å². The van der Waals surface area contributed by atoms with Crippen molar-refractivity contribution in [3.63, 3.8) is 0 Å². The third-order valence-corrected chi connectivity index (χ3v) is 9.30. The number of phosphoric acid groups is 1. The highest BCUT2D eigenvalue weighted by atomic mass is 31.2. The molecule has 0 saturated carbocycles. The molecule has 278 valence electrons. The summed E-state index contributed by atoms with van der Waals surface area (Å²) in [7, 11) is -3.78. The average Bonchev–Trinajstić information content (AvgIpc) is 3.81. The molecule has 2 fully saturated rings. The molecule has 51 heavy (non-hydrogen) atoms. The lowest BCUT2D eigenvalue weighted by atomic mass is 9.95. The van der Waals surface area contributed by atoms with Crippen molar-refractivity contribution in [1.82, 2.24) is 39.2 Å². The molecule has 1 unspecified atom stereocenters. The summed E-state index contributed by atoms with van der Waals surface area (Å²) in [6.07, 6.45) is -8.31. The van der Waals surface area contributed by atoms with Crippen LogP contribution in [0.4, 0.5) is 10.3 Å². The van der Waals surface area contributed by atoms with E-state index in [0.717, 1.165) is 16.8 Å². The van der Waals surface area contributed by atoms with Crippen LogP contribution in [-0.2, 0) is 39.0 Å². The predicted octanol–water partition coefficient (Wildman–Crippen LogP) is 0.0179. The molecule has 6 rings (SSSR count). The fraction of sp³-hybridized carbons (Fsp3) is 0.607. The van der Waals surface area contributed by atoms with Gasteiger partial charge in [0.05, 0.1) is 31.2 Å². The second-order valence-corrected chi connectivity index (χ2v) is 13.7. The minimum Gasteiger partial charge on any atom is -0.756 e. The lowest BCUT2D eigenvalue weighted by Crippen LogP contribution is -2.39. The van der Waals surface area contributed by atoms with E-state index in [9.17, 15) is 23.8 Å². The maximum absolute atomic E-state index is 16.4. The first kappa shape index (κ1) is 36.6. The minimum absolute atomic E-state index is 0.0142. The van der Waals surface area contributed by atoms with Crippen molar-refractivity contribution in [3.8, 4) is 0 Å². The number of H-pyrrole nitrogens is 2. The Hall–Kier alpha value is -4.15. The van der Waals surface area contributed by atoms with Gasteiger partial charge in [-0.15, -0.1) is 0 Å². The Morgan fingerprint density at radius 2 is 1.84 bits per heavy atom. The molecular formula is C28H36FN9O12P-. The molecule has 4 aromatic heterocycles. The normalized spacial score (nSPS) is 27.9. The molecule has 21 nitrogen and oxygen atoms in total. The Labute approximate surface area is 286 Å². The highest BCUT2D eigenvalue weighted by molar-refractivity contribution is 7.45. The highest BCUT2D eigenvalue weighted by Gasteiger charge is 2.52. The number of nitrogen functional groups attached to an aromatic ring is 1. The lowest BCUT2D eigenvalue weighted by Gasteiger charge is -2.31. The number of anilines is 1. The summed E-state index contributed by atoms with van der Waals surface area (Å²) < 4.78 is 70.8. The zero-order valence-corrected chi connectivity index (χ0v) is 28.8. The standard InChI is InChI=1S/C28H37FN9O12P/c1-11(2)45-9-14-13(17(29)25(46-14)38-10-31-18-22(38)34-27(30)35-23(18)40)8-15-32-24(48-36-15)20-19(50-51(42,43)49-12(3)4)21(44-5)26(47-20)37-7-6-16(39)33-28(37)41/h6-7,10-14,17,19-21,25-26H,8-9H2,1-5H3,(H,42,43)(H,33,39,41)(H3,30,34,35,40)/p-1/t13-,14-,17-,19-,20+,21-,25-,26-/m1/s1. The van der Waals surface area contributed by atoms with Crippen molar-refractivity contribution in [2.45, 2.75) is 89.4 Å². The van der Waals surface area contributed by atoms with E-state index in [1.165, 1.54) is 31.9 Å². The number of nitrogens with zero attached hydrogens (tertiary/aromatic N) is 6. The van der Waals surface area contributed by atoms with Gasteiger partial charge in [0, 0.05) is 31.7 Å². The van der Waals surface area contributed by atoms with Gasteiger partial charge in [0.1, 0.15) is 12.2 Å². The van der Waals surface area contributed by atoms with E-state index in [1.807, 2.05) is 0 Å². The molecule has 0 amide bonds. The third kappa shape index (κ3) is 7.58. The van der Waals surface area contributed by atoms with Crippen molar-refractivity contribution in [1.29, 1.82) is 0 Å². The van der Waals surface area contributed by atoms with Gasteiger partial charge >= 0.3 is 5.69 Å². The van der Waals surface area contributed by atoms with E-state index in [2.05, 4.69) is 30.1 Å². The summed E-state index contributed by atoms with van der Waals surface area (Å²) in [6, 6.07) is 1.06. The molecule has 0 aliphatic carbocycles. The van der Waals surface area contributed by atoms with Crippen LogP contribution in [0, 0.1) is 5.92 Å². The maximum Gasteiger partial charge on any atom is 0.330 e. The van der Waals surface area contributed by atoms with Gasteiger partial charge in [-0.05, 0) is 27.7 Å². The molecule has 4 N–H and O–H groups in total. The fourth-order valence-corrected chi connectivity index (χ4v) is 7.07. The lowest BCUT2D eigenvalue weighted by molar-refractivity contribution is -0.237. The monoisotopic (exact) mass is 740 g/mol. The number of phosphoric ester groups is 1. The largest absolute Gasteiger partial charge is 0.756 e. The molecule has 0 radical (unpaired) electrons. The zero-order valence-electron chi connectivity index (χ0n) is 27.9. The van der Waals surface area contributed by atoms with Gasteiger partial charge in [-0.1, -0.05) is 5.16 Å². The summed E-state index contributed by atoms with van der Waals surface area (Å²) in [5.74, 6) is -1.44. The Morgan fingerprint density at radius 3 is 2.53 bits per heavy atom. The van der Waals surface area contributed by atoms with E-state index in [-0.39, 0.29) is 48.0 Å². The molecule has 2 aliphatic heterocycles. The second kappa shape index (κ2) is 14.5. The number of hydrogen-bond donors (Lipinski definition) is 3. The van der Waals surface area contributed by atoms with Gasteiger partial charge in [0.15, 0.2) is 41.7 Å². The van der Waals surface area contributed by atoms with Gasteiger partial charge < -0.3 is 43.1 Å². The maximum atomic E-state index is 16.4. The topological polar surface area (TPSA) is 279 Å². The summed E-state index contributed by atoms with van der Waals surface area (Å²) >= 11 is 0. The number of fused-ring (bicyclic) bond motifs is 1. The van der Waals surface area contributed by atoms with Gasteiger partial charge in [0.2, 0.25) is 5.95 Å². The van der Waals surface area contributed by atoms with E-state index in [1.54, 1.807) is 13.8 Å². The van der Waals surface area contributed by atoms with Gasteiger partial charge in [-0.2, -0.15) is 9.97 Å². The Kier molecular flexibility index (Phi) is 10.4. The number of ether oxygens (including phenoxy) is 4. The Bertz CT molecular complexity index is 2080. The Morgan fingerprint density at radius 1 is 1.08 bits per heavy atom. The number of rotatable bonds is 13. The predicted molar refractivity (Wildman–Crippen MR) is 168 cm³/mol. The number of methoxy groups -OCH3 is 1. The Balaban J connectivity index is 1.31. The minimum atomic E-state index is -5.02. The molecule has 2 saturated heterocycles. The smallest absolute Gasteiger partial charge is 0.330 e. The molecule has 4 aromatic rings. The second-order valence-electron chi connectivity index (χ2n) is 12.4. The first-order valence-corrected chi connectivity index (χ1v) is 17.2. The molecule has 0 spiro atoms. The van der Waals surface area contributed by atoms with Crippen LogP contribution in [0.2, 0.25) is 0 Å². The molecule has 0 aromatic carbocycles. The fourth-order valence-electron chi connectivity index (χ4n) is 5.98. The zero-order chi connectivity index (χ0) is 36.8. The van der Waals surface area contributed by atoms with Crippen LogP contribution < -0.4 is 27.4 Å². The van der Waals surface area contributed by atoms with E-state index in [0.29, 0.717) is 0 Å². The number of aromatic amines is 2. The van der Waals surface area contributed by atoms with Gasteiger partial charge in [0.25, 0.3) is 24.8 Å². The van der Waals surface area contributed by atoms with Crippen LogP contribution in [0.3, 0.4) is 0 Å². The molecule has 6 heterocycles. The van der Waals surface area contributed by atoms with Crippen molar-refractivity contribution in [3.05, 3.63) is 61.5 Å². The quantitative estimate of drug-likeness (QED) is 0.152. The van der Waals surface area contributed by atoms with E-state index in [4.69, 9.17) is 38.3 Å². The summed E-state index contributed by atoms with van der Waals surface area (Å²) in [5, 5.41) is 3.99. The molecule has 0 bridgehead atoms. The van der Waals surface area contributed by atoms with Crippen LogP contribution in [0.25, 0.3) is 11.2 Å². The number of hydrogen-bond acceptors (Lipinski definition) is 17. The van der Waals surface area contributed by atoms with Crippen molar-refractivity contribution in [2.75, 3.05) is 19.5 Å². The van der Waals surface area contributed by atoms with Gasteiger partial charge in [-0.3, -0.25) is 33.3 Å². The van der Waals surface area contributed by atoms with Crippen LogP contribution in [-0.4, -0.2) is 89.6 Å². The van der Waals surface area contributed by atoms with Crippen LogP contribution in [0.15, 0.2) is 37.5 Å². The number of imidazole rings is 1. The first-order chi connectivity index (χ1) is 24.1. The van der Waals surface area contributed by atoms with Crippen LogP contribution >= 0.6 is 7.82 Å². The number of alkyl halides is 1. The SMILES string of the molecule is CO[C@@H]1[C@H](OP(=O)([O-])OC(C)C)[C@@H](c2nc(C[C@H]3[C@@H](F)[C@H](n4cnc5c(=O)[nH]c(N)nc54)O[C@@H]3COC(C)C)no2)O[C@H]1n1ccc(=O)[nH]c1=O. The highest BCUT2D eigenvalue weighted by Crippen LogP contribution is 2.50. The van der Waals surface area contributed by atoms with E-state index >= 15 is 4.39 Å². The summed E-state index contributed by atoms with van der Waals surface area (Å²) in [6.45, 7) is 6.54. The first-order valence-electron chi connectivity index (χ1n) is 15.8. The van der Waals surface area contributed by atoms with Gasteiger partial charge in [-0.25, -0.2) is 14.2 Å².